The summed E-state index contributed by atoms with van der Waals surface area (Å²) in [6.45, 7) is 2.16. The highest BCUT2D eigenvalue weighted by Crippen LogP contribution is 2.18. The predicted molar refractivity (Wildman–Crippen MR) is 74.2 cm³/mol. The van der Waals surface area contributed by atoms with Crippen LogP contribution in [0.1, 0.15) is 24.8 Å². The van der Waals surface area contributed by atoms with E-state index in [1.165, 1.54) is 23.5 Å². The maximum Gasteiger partial charge on any atom is 0.226 e. The van der Waals surface area contributed by atoms with Gasteiger partial charge in [0.2, 0.25) is 11.0 Å². The molecule has 7 heteroatoms. The third-order valence-corrected chi connectivity index (χ3v) is 3.18. The average molecular weight is 295 g/mol. The molecule has 1 aromatic carbocycles. The molecule has 1 N–H and O–H groups in total. The smallest absolute Gasteiger partial charge is 0.226 e. The molecule has 0 radical (unpaired) electrons. The van der Waals surface area contributed by atoms with Gasteiger partial charge >= 0.3 is 0 Å². The lowest BCUT2D eigenvalue weighted by Crippen LogP contribution is -2.10. The molecule has 0 aliphatic heterocycles. The van der Waals surface area contributed by atoms with Gasteiger partial charge < -0.3 is 10.1 Å². The van der Waals surface area contributed by atoms with Crippen LogP contribution in [0, 0.1) is 5.82 Å². The van der Waals surface area contributed by atoms with Gasteiger partial charge in [-0.05, 0) is 30.7 Å². The molecule has 106 valence electrons. The molecule has 0 fully saturated rings. The summed E-state index contributed by atoms with van der Waals surface area (Å²) in [4.78, 5) is 11.4. The van der Waals surface area contributed by atoms with Gasteiger partial charge in [0.05, 0.1) is 0 Å². The molecular formula is C13H14FN3O2S. The molecule has 5 nitrogen and oxygen atoms in total. The first kappa shape index (κ1) is 14.4. The van der Waals surface area contributed by atoms with E-state index < -0.39 is 0 Å². The molecule has 20 heavy (non-hydrogen) atoms. The topological polar surface area (TPSA) is 64.1 Å². The number of hydrogen-bond acceptors (Lipinski definition) is 5. The fourth-order valence-electron chi connectivity index (χ4n) is 1.45. The Kier molecular flexibility index (Phi) is 5.00. The van der Waals surface area contributed by atoms with Gasteiger partial charge in [-0.15, -0.1) is 10.2 Å². The van der Waals surface area contributed by atoms with E-state index in [9.17, 15) is 9.18 Å². The van der Waals surface area contributed by atoms with Crippen LogP contribution in [0.2, 0.25) is 0 Å². The number of amides is 1. The summed E-state index contributed by atoms with van der Waals surface area (Å²) in [5.41, 5.74) is 0. The summed E-state index contributed by atoms with van der Waals surface area (Å²) in [5.74, 6) is 0.169. The van der Waals surface area contributed by atoms with Gasteiger partial charge in [-0.25, -0.2) is 4.39 Å². The minimum atomic E-state index is -0.311. The molecule has 1 amide bonds. The van der Waals surface area contributed by atoms with Gasteiger partial charge in [-0.1, -0.05) is 18.3 Å². The number of halogens is 1. The third kappa shape index (κ3) is 4.27. The molecule has 1 aromatic heterocycles. The molecule has 0 atom stereocenters. The Hall–Kier alpha value is -2.02. The molecule has 1 heterocycles. The number of hydrogen-bond donors (Lipinski definition) is 1. The van der Waals surface area contributed by atoms with Gasteiger partial charge in [0.15, 0.2) is 5.01 Å². The Morgan fingerprint density at radius 2 is 2.10 bits per heavy atom. The van der Waals surface area contributed by atoms with Crippen LogP contribution in [0.3, 0.4) is 0 Å². The van der Waals surface area contributed by atoms with Crippen molar-refractivity contribution in [3.05, 3.63) is 35.1 Å². The van der Waals surface area contributed by atoms with E-state index >= 15 is 0 Å². The predicted octanol–water partition coefficient (Wildman–Crippen LogP) is 2.99. The van der Waals surface area contributed by atoms with E-state index in [-0.39, 0.29) is 18.3 Å². The van der Waals surface area contributed by atoms with Gasteiger partial charge in [-0.2, -0.15) is 0 Å². The maximum absolute atomic E-state index is 12.7. The number of anilines is 1. The highest BCUT2D eigenvalue weighted by atomic mass is 32.1. The van der Waals surface area contributed by atoms with Crippen LogP contribution in [0.25, 0.3) is 0 Å². The Morgan fingerprint density at radius 3 is 2.80 bits per heavy atom. The quantitative estimate of drug-likeness (QED) is 0.889. The number of rotatable bonds is 6. The molecule has 0 saturated heterocycles. The first-order valence-corrected chi connectivity index (χ1v) is 6.99. The molecule has 2 aromatic rings. The van der Waals surface area contributed by atoms with E-state index in [1.807, 2.05) is 6.92 Å². The molecule has 0 unspecified atom stereocenters. The van der Waals surface area contributed by atoms with Crippen LogP contribution >= 0.6 is 11.3 Å². The monoisotopic (exact) mass is 295 g/mol. The first-order chi connectivity index (χ1) is 9.67. The summed E-state index contributed by atoms with van der Waals surface area (Å²) < 4.78 is 18.2. The highest BCUT2D eigenvalue weighted by Gasteiger charge is 2.08. The van der Waals surface area contributed by atoms with E-state index in [1.54, 1.807) is 12.1 Å². The summed E-state index contributed by atoms with van der Waals surface area (Å²) in [5, 5.41) is 11.5. The van der Waals surface area contributed by atoms with Gasteiger partial charge in [0.1, 0.15) is 18.2 Å². The van der Waals surface area contributed by atoms with Crippen molar-refractivity contribution in [3.63, 3.8) is 0 Å². The van der Waals surface area contributed by atoms with Crippen molar-refractivity contribution >= 4 is 22.4 Å². The lowest BCUT2D eigenvalue weighted by Gasteiger charge is -2.02. The van der Waals surface area contributed by atoms with Crippen molar-refractivity contribution in [3.8, 4) is 5.75 Å². The Morgan fingerprint density at radius 1 is 1.35 bits per heavy atom. The van der Waals surface area contributed by atoms with Gasteiger partial charge in [-0.3, -0.25) is 4.79 Å². The second-order valence-electron chi connectivity index (χ2n) is 4.04. The van der Waals surface area contributed by atoms with Crippen molar-refractivity contribution in [1.82, 2.24) is 10.2 Å². The van der Waals surface area contributed by atoms with E-state index in [0.29, 0.717) is 22.3 Å². The van der Waals surface area contributed by atoms with Crippen molar-refractivity contribution in [1.29, 1.82) is 0 Å². The Balaban J connectivity index is 1.86. The zero-order valence-electron chi connectivity index (χ0n) is 10.9. The van der Waals surface area contributed by atoms with Crippen molar-refractivity contribution in [2.75, 3.05) is 5.32 Å². The van der Waals surface area contributed by atoms with E-state index in [2.05, 4.69) is 15.5 Å². The fourth-order valence-corrected chi connectivity index (χ4v) is 2.12. The molecule has 0 saturated carbocycles. The Labute approximate surface area is 119 Å². The Bertz CT molecular complexity index is 571. The number of nitrogens with one attached hydrogen (secondary N) is 1. The van der Waals surface area contributed by atoms with Crippen LogP contribution < -0.4 is 10.1 Å². The zero-order chi connectivity index (χ0) is 14.4. The zero-order valence-corrected chi connectivity index (χ0v) is 11.7. The van der Waals surface area contributed by atoms with Crippen LogP contribution in [0.5, 0.6) is 5.75 Å². The fraction of sp³-hybridized carbons (Fsp3) is 0.308. The number of carbonyl (C=O) groups excluding carboxylic acids is 1. The minimum absolute atomic E-state index is 0.0744. The van der Waals surface area contributed by atoms with Crippen LogP contribution in [0.4, 0.5) is 9.52 Å². The normalized spacial score (nSPS) is 10.3. The SMILES string of the molecule is CCCC(=O)Nc1nnc(COc2ccc(F)cc2)s1. The number of nitrogens with zero attached hydrogens (tertiary/aromatic N) is 2. The highest BCUT2D eigenvalue weighted by molar-refractivity contribution is 7.15. The molecule has 2 rings (SSSR count). The van der Waals surface area contributed by atoms with Gasteiger partial charge in [0, 0.05) is 6.42 Å². The lowest BCUT2D eigenvalue weighted by molar-refractivity contribution is -0.116. The number of ether oxygens (including phenoxy) is 1. The van der Waals surface area contributed by atoms with Crippen molar-refractivity contribution in [2.24, 2.45) is 0 Å². The van der Waals surface area contributed by atoms with E-state index in [4.69, 9.17) is 4.74 Å². The number of aromatic nitrogens is 2. The standard InChI is InChI=1S/C13H14FN3O2S/c1-2-3-11(18)15-13-17-16-12(20-13)8-19-10-6-4-9(14)5-7-10/h4-7H,2-3,8H2,1H3,(H,15,17,18). The van der Waals surface area contributed by atoms with Crippen LogP contribution in [-0.2, 0) is 11.4 Å². The van der Waals surface area contributed by atoms with E-state index in [0.717, 1.165) is 6.42 Å². The molecular weight excluding hydrogens is 281 g/mol. The largest absolute Gasteiger partial charge is 0.486 e. The van der Waals surface area contributed by atoms with Crippen molar-refractivity contribution < 1.29 is 13.9 Å². The summed E-state index contributed by atoms with van der Waals surface area (Å²) in [7, 11) is 0. The maximum atomic E-state index is 12.7. The average Bonchev–Trinajstić information content (AvgIpc) is 2.86. The van der Waals surface area contributed by atoms with Crippen LogP contribution in [-0.4, -0.2) is 16.1 Å². The number of carbonyl (C=O) groups is 1. The molecule has 0 aliphatic rings. The summed E-state index contributed by atoms with van der Waals surface area (Å²) in [6.07, 6.45) is 1.24. The molecule has 0 bridgehead atoms. The van der Waals surface area contributed by atoms with Crippen molar-refractivity contribution in [2.45, 2.75) is 26.4 Å². The third-order valence-electron chi connectivity index (χ3n) is 2.37. The summed E-state index contributed by atoms with van der Waals surface area (Å²) in [6, 6.07) is 5.73. The van der Waals surface area contributed by atoms with Gasteiger partial charge in [0.25, 0.3) is 0 Å². The summed E-state index contributed by atoms with van der Waals surface area (Å²) >= 11 is 1.26. The number of benzene rings is 1. The molecule has 0 spiro atoms. The lowest BCUT2D eigenvalue weighted by atomic mass is 10.3. The second-order valence-corrected chi connectivity index (χ2v) is 5.10. The van der Waals surface area contributed by atoms with Crippen LogP contribution in [0.15, 0.2) is 24.3 Å². The second kappa shape index (κ2) is 6.95. The molecule has 0 aliphatic carbocycles. The minimum Gasteiger partial charge on any atom is -0.486 e. The first-order valence-electron chi connectivity index (χ1n) is 6.18.